The maximum Gasteiger partial charge on any atom is 0.0547 e. The average molecular weight is 685 g/mol. The number of benzene rings is 10. The number of nitrogens with zero attached hydrogens (tertiary/aromatic N) is 2. The van der Waals surface area contributed by atoms with Gasteiger partial charge in [0.05, 0.1) is 34.1 Å². The second-order valence-corrected chi connectivity index (χ2v) is 14.4. The van der Waals surface area contributed by atoms with Gasteiger partial charge in [-0.1, -0.05) is 158 Å². The molecule has 0 atom stereocenters. The van der Waals surface area contributed by atoms with E-state index in [1.807, 2.05) is 0 Å². The molecule has 54 heavy (non-hydrogen) atoms. The average Bonchev–Trinajstić information content (AvgIpc) is 3.44. The van der Waals surface area contributed by atoms with Crippen LogP contribution in [0.2, 0.25) is 0 Å². The van der Waals surface area contributed by atoms with E-state index in [4.69, 9.17) is 0 Å². The van der Waals surface area contributed by atoms with Crippen LogP contribution in [0.5, 0.6) is 0 Å². The lowest BCUT2D eigenvalue weighted by molar-refractivity contribution is 1.31. The Morgan fingerprint density at radius 1 is 0.222 bits per heavy atom. The molecule has 12 rings (SSSR count). The third-order valence-electron chi connectivity index (χ3n) is 11.7. The molecule has 10 aromatic carbocycles. The Kier molecular flexibility index (Phi) is 6.09. The van der Waals surface area contributed by atoms with E-state index < -0.39 is 0 Å². The van der Waals surface area contributed by atoms with E-state index in [1.54, 1.807) is 0 Å². The first kappa shape index (κ1) is 29.4. The highest BCUT2D eigenvalue weighted by atomic mass is 15.2. The van der Waals surface area contributed by atoms with Gasteiger partial charge in [0.15, 0.2) is 0 Å². The fourth-order valence-corrected chi connectivity index (χ4v) is 9.46. The van der Waals surface area contributed by atoms with Crippen LogP contribution < -0.4 is 9.80 Å². The third kappa shape index (κ3) is 4.00. The molecule has 0 unspecified atom stereocenters. The molecule has 0 radical (unpaired) electrons. The predicted molar refractivity (Wildman–Crippen MR) is 228 cm³/mol. The molecule has 0 amide bonds. The molecule has 2 heterocycles. The van der Waals surface area contributed by atoms with Gasteiger partial charge in [0.1, 0.15) is 0 Å². The van der Waals surface area contributed by atoms with Crippen molar-refractivity contribution in [2.45, 2.75) is 0 Å². The van der Waals surface area contributed by atoms with Crippen LogP contribution in [0.15, 0.2) is 194 Å². The normalized spacial score (nSPS) is 12.7. The second kappa shape index (κ2) is 11.2. The highest BCUT2D eigenvalue weighted by Crippen LogP contribution is 2.56. The van der Waals surface area contributed by atoms with E-state index in [0.29, 0.717) is 0 Å². The third-order valence-corrected chi connectivity index (χ3v) is 11.7. The van der Waals surface area contributed by atoms with Crippen LogP contribution in [-0.2, 0) is 0 Å². The Hall–Kier alpha value is -7.16. The van der Waals surface area contributed by atoms with Gasteiger partial charge in [0.25, 0.3) is 0 Å². The van der Waals surface area contributed by atoms with Crippen molar-refractivity contribution >= 4 is 66.4 Å². The highest BCUT2D eigenvalue weighted by Gasteiger charge is 2.30. The predicted octanol–water partition coefficient (Wildman–Crippen LogP) is 14.8. The van der Waals surface area contributed by atoms with Crippen LogP contribution in [0.3, 0.4) is 0 Å². The molecule has 250 valence electrons. The topological polar surface area (TPSA) is 6.48 Å². The summed E-state index contributed by atoms with van der Waals surface area (Å²) in [7, 11) is 0. The standard InChI is InChI=1S/C52H32N2/c1-2-18-36-35(17-1)39-21-5-9-27-45(39)53(46-28-10-6-22-40(36)46)49-31-33-15-14-26-44-50(32-34-16-13-25-43(49)51(34)52(33)44)54-47-29-11-7-23-41(47)37-19-3-4-20-38(37)42-24-8-12-30-48(42)54/h1-32H. The van der Waals surface area contributed by atoms with Gasteiger partial charge in [0.2, 0.25) is 0 Å². The van der Waals surface area contributed by atoms with E-state index >= 15 is 0 Å². The molecular weight excluding hydrogens is 653 g/mol. The van der Waals surface area contributed by atoms with E-state index in [1.165, 1.54) is 111 Å². The van der Waals surface area contributed by atoms with Crippen LogP contribution >= 0.6 is 0 Å². The van der Waals surface area contributed by atoms with Crippen molar-refractivity contribution in [3.63, 3.8) is 0 Å². The molecule has 0 saturated carbocycles. The molecule has 0 bridgehead atoms. The smallest absolute Gasteiger partial charge is 0.0547 e. The van der Waals surface area contributed by atoms with E-state index in [-0.39, 0.29) is 0 Å². The summed E-state index contributed by atoms with van der Waals surface area (Å²) in [6, 6.07) is 71.8. The molecule has 0 aromatic heterocycles. The molecule has 0 aliphatic carbocycles. The largest absolute Gasteiger partial charge is 0.309 e. The fraction of sp³-hybridized carbons (Fsp3) is 0. The molecule has 2 aliphatic rings. The molecule has 2 aliphatic heterocycles. The number of rotatable bonds is 2. The highest BCUT2D eigenvalue weighted by molar-refractivity contribution is 6.30. The van der Waals surface area contributed by atoms with Crippen molar-refractivity contribution in [1.29, 1.82) is 0 Å². The van der Waals surface area contributed by atoms with Crippen LogP contribution in [0, 0.1) is 0 Å². The molecule has 0 saturated heterocycles. The molecule has 2 heteroatoms. The summed E-state index contributed by atoms with van der Waals surface area (Å²) >= 11 is 0. The van der Waals surface area contributed by atoms with Crippen LogP contribution in [0.4, 0.5) is 34.1 Å². The quantitative estimate of drug-likeness (QED) is 0.167. The number of anilines is 6. The second-order valence-electron chi connectivity index (χ2n) is 14.4. The maximum atomic E-state index is 2.51. The zero-order chi connectivity index (χ0) is 35.3. The lowest BCUT2D eigenvalue weighted by Gasteiger charge is -2.31. The molecule has 10 aromatic rings. The van der Waals surface area contributed by atoms with Gasteiger partial charge in [-0.05, 0) is 80.2 Å². The molecular formula is C52H32N2. The monoisotopic (exact) mass is 684 g/mol. The van der Waals surface area contributed by atoms with Crippen molar-refractivity contribution < 1.29 is 0 Å². The Balaban J connectivity index is 1.17. The van der Waals surface area contributed by atoms with Gasteiger partial charge in [-0.2, -0.15) is 0 Å². The first-order valence-corrected chi connectivity index (χ1v) is 18.7. The summed E-state index contributed by atoms with van der Waals surface area (Å²) in [5.41, 5.74) is 17.0. The molecule has 2 nitrogen and oxygen atoms in total. The van der Waals surface area contributed by atoms with Gasteiger partial charge in [0, 0.05) is 33.0 Å². The Morgan fingerprint density at radius 3 is 0.815 bits per heavy atom. The summed E-state index contributed by atoms with van der Waals surface area (Å²) in [5, 5.41) is 7.51. The van der Waals surface area contributed by atoms with Crippen molar-refractivity contribution in [3.05, 3.63) is 194 Å². The van der Waals surface area contributed by atoms with Crippen LogP contribution in [0.25, 0.3) is 76.8 Å². The number of hydrogen-bond acceptors (Lipinski definition) is 2. The number of hydrogen-bond donors (Lipinski definition) is 0. The van der Waals surface area contributed by atoms with E-state index in [9.17, 15) is 0 Å². The fourth-order valence-electron chi connectivity index (χ4n) is 9.46. The van der Waals surface area contributed by atoms with Gasteiger partial charge in [-0.25, -0.2) is 0 Å². The SMILES string of the molecule is c1ccc2c(c1)-c1ccccc1N(c1cc3cccc4c(N5c6ccccc6-c6ccccc6-c6ccccc65)cc5cccc1c5c34)c1ccccc1-2. The lowest BCUT2D eigenvalue weighted by atomic mass is 9.90. The Bertz CT molecular complexity index is 2790. The minimum Gasteiger partial charge on any atom is -0.309 e. The van der Waals surface area contributed by atoms with Gasteiger partial charge >= 0.3 is 0 Å². The minimum absolute atomic E-state index is 1.18. The summed E-state index contributed by atoms with van der Waals surface area (Å²) in [6.07, 6.45) is 0. The Labute approximate surface area is 313 Å². The maximum absolute atomic E-state index is 2.51. The minimum atomic E-state index is 1.18. The number of fused-ring (bicyclic) bond motifs is 10. The molecule has 0 fully saturated rings. The van der Waals surface area contributed by atoms with Crippen molar-refractivity contribution in [2.24, 2.45) is 0 Å². The van der Waals surface area contributed by atoms with Crippen LogP contribution in [0.1, 0.15) is 0 Å². The summed E-state index contributed by atoms with van der Waals surface area (Å²) < 4.78 is 0. The lowest BCUT2D eigenvalue weighted by Crippen LogP contribution is -2.13. The number of para-hydroxylation sites is 4. The summed E-state index contributed by atoms with van der Waals surface area (Å²) in [5.74, 6) is 0. The van der Waals surface area contributed by atoms with Gasteiger partial charge in [-0.3, -0.25) is 0 Å². The summed E-state index contributed by atoms with van der Waals surface area (Å²) in [4.78, 5) is 5.02. The van der Waals surface area contributed by atoms with Crippen molar-refractivity contribution in [3.8, 4) is 44.5 Å². The van der Waals surface area contributed by atoms with Crippen LogP contribution in [-0.4, -0.2) is 0 Å². The van der Waals surface area contributed by atoms with E-state index in [0.717, 1.165) is 0 Å². The zero-order valence-electron chi connectivity index (χ0n) is 29.4. The Morgan fingerprint density at radius 2 is 0.500 bits per heavy atom. The summed E-state index contributed by atoms with van der Waals surface area (Å²) in [6.45, 7) is 0. The zero-order valence-corrected chi connectivity index (χ0v) is 29.4. The molecule has 0 spiro atoms. The molecule has 0 N–H and O–H groups in total. The van der Waals surface area contributed by atoms with Gasteiger partial charge < -0.3 is 9.80 Å². The van der Waals surface area contributed by atoms with E-state index in [2.05, 4.69) is 204 Å². The first-order valence-electron chi connectivity index (χ1n) is 18.7. The van der Waals surface area contributed by atoms with Crippen molar-refractivity contribution in [2.75, 3.05) is 9.80 Å². The van der Waals surface area contributed by atoms with Gasteiger partial charge in [-0.15, -0.1) is 0 Å². The van der Waals surface area contributed by atoms with Crippen molar-refractivity contribution in [1.82, 2.24) is 0 Å². The first-order chi connectivity index (χ1) is 26.8.